The molecule has 20 nitrogen and oxygen atoms in total. The maximum absolute atomic E-state index is 13.5. The molecule has 0 unspecified atom stereocenters. The van der Waals surface area contributed by atoms with E-state index in [0.29, 0.717) is 0 Å². The molecule has 1 rings (SSSR count). The number of alkyl carbamates (subject to hydrolysis) is 4. The van der Waals surface area contributed by atoms with Crippen LogP contribution in [-0.2, 0) is 18.9 Å². The van der Waals surface area contributed by atoms with E-state index in [1.54, 1.807) is 83.1 Å². The van der Waals surface area contributed by atoms with Crippen LogP contribution in [0.1, 0.15) is 104 Å². The van der Waals surface area contributed by atoms with Crippen LogP contribution in [-0.4, -0.2) is 121 Å². The van der Waals surface area contributed by atoms with Crippen molar-refractivity contribution in [2.24, 2.45) is 0 Å². The molecular weight excluding hydrogens is 708 g/mol. The smallest absolute Gasteiger partial charge is 0.407 e. The normalized spacial score (nSPS) is 11.6. The Morgan fingerprint density at radius 2 is 0.611 bits per heavy atom. The van der Waals surface area contributed by atoms with Crippen molar-refractivity contribution in [2.75, 3.05) is 63.0 Å². The van der Waals surface area contributed by atoms with E-state index in [2.05, 4.69) is 52.5 Å². The van der Waals surface area contributed by atoms with Gasteiger partial charge in [0.25, 0.3) is 11.8 Å². The van der Waals surface area contributed by atoms with Gasteiger partial charge in [-0.2, -0.15) is 0 Å². The number of anilines is 2. The number of aromatic nitrogens is 2. The predicted molar refractivity (Wildman–Crippen MR) is 201 cm³/mol. The summed E-state index contributed by atoms with van der Waals surface area (Å²) in [7, 11) is 0. The van der Waals surface area contributed by atoms with Crippen molar-refractivity contribution in [3.63, 3.8) is 0 Å². The molecule has 0 aromatic carbocycles. The SMILES string of the molecule is CC(C)(C)OC(=O)NCCNC(=O)c1nc(NCCNC(=O)OC(C)(C)C)c(C(=O)NCCNC(=O)OC(C)(C)C)nc1NCCNC(=O)OC(C)(C)C. The molecule has 0 aliphatic carbocycles. The molecule has 0 radical (unpaired) electrons. The van der Waals surface area contributed by atoms with Crippen molar-refractivity contribution in [1.82, 2.24) is 41.9 Å². The van der Waals surface area contributed by atoms with E-state index in [4.69, 9.17) is 18.9 Å². The number of ether oxygens (including phenoxy) is 4. The van der Waals surface area contributed by atoms with Crippen LogP contribution in [0.4, 0.5) is 30.8 Å². The van der Waals surface area contributed by atoms with Gasteiger partial charge in [-0.3, -0.25) is 9.59 Å². The first kappa shape index (κ1) is 46.7. The lowest BCUT2D eigenvalue weighted by atomic mass is 10.2. The molecule has 0 atom stereocenters. The van der Waals surface area contributed by atoms with Crippen molar-refractivity contribution in [3.8, 4) is 0 Å². The Hall–Kier alpha value is -5.30. The molecule has 0 saturated heterocycles. The Balaban J connectivity index is 3.30. The highest BCUT2D eigenvalue weighted by molar-refractivity contribution is 6.01. The summed E-state index contributed by atoms with van der Waals surface area (Å²) in [5, 5.41) is 21.4. The van der Waals surface area contributed by atoms with Gasteiger partial charge in [0.1, 0.15) is 22.4 Å². The molecule has 0 saturated carbocycles. The maximum Gasteiger partial charge on any atom is 0.407 e. The molecule has 1 heterocycles. The Labute approximate surface area is 317 Å². The van der Waals surface area contributed by atoms with Crippen LogP contribution in [0.25, 0.3) is 0 Å². The number of hydrogen-bond acceptors (Lipinski definition) is 14. The number of nitrogens with zero attached hydrogens (tertiary/aromatic N) is 2. The number of hydrogen-bond donors (Lipinski definition) is 8. The molecule has 0 aliphatic heterocycles. The fourth-order valence-electron chi connectivity index (χ4n) is 3.79. The lowest BCUT2D eigenvalue weighted by Crippen LogP contribution is -2.39. The van der Waals surface area contributed by atoms with E-state index in [9.17, 15) is 28.8 Å². The minimum Gasteiger partial charge on any atom is -0.444 e. The zero-order valence-corrected chi connectivity index (χ0v) is 33.6. The molecule has 306 valence electrons. The first-order valence-electron chi connectivity index (χ1n) is 17.6. The van der Waals surface area contributed by atoms with Crippen LogP contribution in [0, 0.1) is 0 Å². The van der Waals surface area contributed by atoms with Crippen molar-refractivity contribution in [2.45, 2.75) is 105 Å². The molecule has 0 fully saturated rings. The number of carbonyl (C=O) groups is 6. The number of rotatable bonds is 16. The average Bonchev–Trinajstić information content (AvgIpc) is 2.98. The van der Waals surface area contributed by atoms with E-state index < -0.39 is 58.6 Å². The summed E-state index contributed by atoms with van der Waals surface area (Å²) in [6, 6.07) is 0. The molecule has 1 aromatic heterocycles. The third-order valence-corrected chi connectivity index (χ3v) is 5.65. The molecule has 1 aromatic rings. The minimum atomic E-state index is -0.720. The van der Waals surface area contributed by atoms with Crippen LogP contribution >= 0.6 is 0 Å². The Morgan fingerprint density at radius 3 is 0.852 bits per heavy atom. The van der Waals surface area contributed by atoms with E-state index in [-0.39, 0.29) is 75.4 Å². The number of amides is 6. The third-order valence-electron chi connectivity index (χ3n) is 5.65. The van der Waals surface area contributed by atoms with Crippen molar-refractivity contribution in [3.05, 3.63) is 11.4 Å². The van der Waals surface area contributed by atoms with Gasteiger partial charge >= 0.3 is 24.4 Å². The van der Waals surface area contributed by atoms with E-state index in [1.807, 2.05) is 0 Å². The topological polar surface area (TPSA) is 261 Å². The Kier molecular flexibility index (Phi) is 18.0. The Morgan fingerprint density at radius 1 is 0.389 bits per heavy atom. The lowest BCUT2D eigenvalue weighted by molar-refractivity contribution is 0.0516. The number of carbonyl (C=O) groups excluding carboxylic acids is 6. The summed E-state index contributed by atoms with van der Waals surface area (Å²) >= 11 is 0. The quantitative estimate of drug-likeness (QED) is 0.0889. The first-order chi connectivity index (χ1) is 24.7. The zero-order valence-electron chi connectivity index (χ0n) is 33.6. The highest BCUT2D eigenvalue weighted by Gasteiger charge is 2.24. The summed E-state index contributed by atoms with van der Waals surface area (Å²) in [5.41, 5.74) is -3.32. The van der Waals surface area contributed by atoms with Gasteiger partial charge in [0.2, 0.25) is 0 Å². The lowest BCUT2D eigenvalue weighted by Gasteiger charge is -2.20. The van der Waals surface area contributed by atoms with Crippen molar-refractivity contribution >= 4 is 47.8 Å². The Bertz CT molecular complexity index is 1340. The molecule has 0 bridgehead atoms. The molecule has 8 N–H and O–H groups in total. The molecular formula is C34H60N10O10. The fraction of sp³-hybridized carbons (Fsp3) is 0.706. The van der Waals surface area contributed by atoms with Gasteiger partial charge in [-0.25, -0.2) is 29.1 Å². The zero-order chi connectivity index (χ0) is 41.3. The standard InChI is InChI=1S/C34H60N10O10/c1-31(2,3)51-27(47)39-17-13-35-23-21(25(45)37-15-19-41-29(49)53-33(7,8)9)44-24(36-14-18-40-28(48)52-32(4,5)6)22(43-23)26(46)38-16-20-42-30(50)54-34(10,11)12/h13-20H2,1-12H3,(H,35,43)(H,36,44)(H,37,45)(H,38,46)(H,39,47)(H,40,48)(H,41,49)(H,42,50). The highest BCUT2D eigenvalue weighted by Crippen LogP contribution is 2.19. The number of nitrogens with one attached hydrogen (secondary N) is 8. The van der Waals surface area contributed by atoms with Gasteiger partial charge in [-0.1, -0.05) is 0 Å². The molecule has 6 amide bonds. The maximum atomic E-state index is 13.5. The summed E-state index contributed by atoms with van der Waals surface area (Å²) in [6.07, 6.45) is -2.66. The largest absolute Gasteiger partial charge is 0.444 e. The fourth-order valence-corrected chi connectivity index (χ4v) is 3.79. The van der Waals surface area contributed by atoms with Gasteiger partial charge in [-0.05, 0) is 83.1 Å². The van der Waals surface area contributed by atoms with Crippen molar-refractivity contribution < 1.29 is 47.7 Å². The van der Waals surface area contributed by atoms with Gasteiger partial charge in [-0.15, -0.1) is 0 Å². The van der Waals surface area contributed by atoms with Gasteiger partial charge in [0.05, 0.1) is 0 Å². The molecule has 0 aliphatic rings. The summed E-state index contributed by atoms with van der Waals surface area (Å²) in [4.78, 5) is 84.1. The van der Waals surface area contributed by atoms with E-state index >= 15 is 0 Å². The summed E-state index contributed by atoms with van der Waals surface area (Å²) < 4.78 is 20.9. The van der Waals surface area contributed by atoms with E-state index in [1.165, 1.54) is 0 Å². The average molecular weight is 769 g/mol. The predicted octanol–water partition coefficient (Wildman–Crippen LogP) is 2.86. The van der Waals surface area contributed by atoms with Gasteiger partial charge in [0, 0.05) is 52.4 Å². The molecule has 0 spiro atoms. The van der Waals surface area contributed by atoms with Crippen LogP contribution in [0.2, 0.25) is 0 Å². The second kappa shape index (κ2) is 20.8. The third kappa shape index (κ3) is 21.9. The first-order valence-corrected chi connectivity index (χ1v) is 17.6. The van der Waals surface area contributed by atoms with E-state index in [0.717, 1.165) is 0 Å². The molecule has 20 heteroatoms. The monoisotopic (exact) mass is 768 g/mol. The summed E-state index contributed by atoms with van der Waals surface area (Å²) in [5.74, 6) is -1.62. The minimum absolute atomic E-state index is 0.0190. The van der Waals surface area contributed by atoms with Crippen LogP contribution in [0.3, 0.4) is 0 Å². The van der Waals surface area contributed by atoms with Gasteiger partial charge < -0.3 is 61.5 Å². The second-order valence-corrected chi connectivity index (χ2v) is 15.7. The van der Waals surface area contributed by atoms with Crippen LogP contribution in [0.15, 0.2) is 0 Å². The second-order valence-electron chi connectivity index (χ2n) is 15.7. The highest BCUT2D eigenvalue weighted by atomic mass is 16.6. The summed E-state index contributed by atoms with van der Waals surface area (Å²) in [6.45, 7) is 20.8. The van der Waals surface area contributed by atoms with Crippen LogP contribution < -0.4 is 42.5 Å². The molecule has 54 heavy (non-hydrogen) atoms. The van der Waals surface area contributed by atoms with Gasteiger partial charge in [0.15, 0.2) is 23.0 Å². The van der Waals surface area contributed by atoms with Crippen LogP contribution in [0.5, 0.6) is 0 Å². The van der Waals surface area contributed by atoms with Crippen molar-refractivity contribution in [1.29, 1.82) is 0 Å².